The standard InChI is InChI=1S/C14H17Cl2NO/c1-9-4-3-5-10(2)17(9)14(18)12-8-11(15)6-7-13(12)16/h6-10H,3-5H2,1-2H3/t9-,10-/m1/s1. The van der Waals surface area contributed by atoms with Crippen molar-refractivity contribution >= 4 is 29.1 Å². The number of rotatable bonds is 1. The van der Waals surface area contributed by atoms with Gasteiger partial charge < -0.3 is 4.90 Å². The number of halogens is 2. The summed E-state index contributed by atoms with van der Waals surface area (Å²) in [5.41, 5.74) is 0.504. The lowest BCUT2D eigenvalue weighted by Gasteiger charge is -2.39. The lowest BCUT2D eigenvalue weighted by atomic mass is 9.96. The minimum Gasteiger partial charge on any atom is -0.333 e. The van der Waals surface area contributed by atoms with Crippen LogP contribution < -0.4 is 0 Å². The molecule has 0 N–H and O–H groups in total. The third kappa shape index (κ3) is 2.65. The maximum Gasteiger partial charge on any atom is 0.255 e. The average Bonchev–Trinajstić information content (AvgIpc) is 2.32. The van der Waals surface area contributed by atoms with Gasteiger partial charge in [0.25, 0.3) is 5.91 Å². The molecule has 18 heavy (non-hydrogen) atoms. The van der Waals surface area contributed by atoms with Gasteiger partial charge in [-0.2, -0.15) is 0 Å². The highest BCUT2D eigenvalue weighted by atomic mass is 35.5. The molecule has 4 heteroatoms. The summed E-state index contributed by atoms with van der Waals surface area (Å²) in [6.45, 7) is 4.18. The zero-order valence-corrected chi connectivity index (χ0v) is 12.1. The molecular weight excluding hydrogens is 269 g/mol. The molecule has 1 fully saturated rings. The number of likely N-dealkylation sites (tertiary alicyclic amines) is 1. The minimum absolute atomic E-state index is 0.0119. The second kappa shape index (κ2) is 5.50. The molecule has 1 aliphatic rings. The predicted molar refractivity (Wildman–Crippen MR) is 75.4 cm³/mol. The zero-order chi connectivity index (χ0) is 13.3. The van der Waals surface area contributed by atoms with E-state index >= 15 is 0 Å². The maximum atomic E-state index is 12.6. The van der Waals surface area contributed by atoms with E-state index < -0.39 is 0 Å². The van der Waals surface area contributed by atoms with Crippen LogP contribution in [0, 0.1) is 0 Å². The van der Waals surface area contributed by atoms with Crippen LogP contribution in [0.3, 0.4) is 0 Å². The maximum absolute atomic E-state index is 12.6. The molecule has 0 unspecified atom stereocenters. The lowest BCUT2D eigenvalue weighted by Crippen LogP contribution is -2.47. The predicted octanol–water partition coefficient (Wildman–Crippen LogP) is 4.40. The summed E-state index contributed by atoms with van der Waals surface area (Å²) in [4.78, 5) is 14.5. The number of hydrogen-bond donors (Lipinski definition) is 0. The number of carbonyl (C=O) groups is 1. The molecule has 1 amide bonds. The van der Waals surface area contributed by atoms with Crippen LogP contribution in [0.1, 0.15) is 43.5 Å². The Hall–Kier alpha value is -0.730. The molecule has 98 valence electrons. The largest absolute Gasteiger partial charge is 0.333 e. The summed E-state index contributed by atoms with van der Waals surface area (Å²) in [5, 5.41) is 1.01. The number of carbonyl (C=O) groups excluding carboxylic acids is 1. The fourth-order valence-electron chi connectivity index (χ4n) is 2.62. The highest BCUT2D eigenvalue weighted by molar-refractivity contribution is 6.35. The molecule has 1 heterocycles. The molecule has 1 aromatic carbocycles. The van der Waals surface area contributed by atoms with Gasteiger partial charge in [0.05, 0.1) is 10.6 Å². The van der Waals surface area contributed by atoms with E-state index in [-0.39, 0.29) is 18.0 Å². The molecule has 0 bridgehead atoms. The third-order valence-electron chi connectivity index (χ3n) is 3.59. The topological polar surface area (TPSA) is 20.3 Å². The van der Waals surface area contributed by atoms with Crippen LogP contribution in [0.15, 0.2) is 18.2 Å². The van der Waals surface area contributed by atoms with Gasteiger partial charge in [-0.3, -0.25) is 4.79 Å². The summed E-state index contributed by atoms with van der Waals surface area (Å²) < 4.78 is 0. The quantitative estimate of drug-likeness (QED) is 0.749. The molecule has 2 atom stereocenters. The number of benzene rings is 1. The Bertz CT molecular complexity index is 451. The van der Waals surface area contributed by atoms with Crippen molar-refractivity contribution in [1.29, 1.82) is 0 Å². The summed E-state index contributed by atoms with van der Waals surface area (Å²) in [6.07, 6.45) is 3.28. The van der Waals surface area contributed by atoms with Crippen LogP contribution in [0.25, 0.3) is 0 Å². The van der Waals surface area contributed by atoms with Crippen molar-refractivity contribution in [2.75, 3.05) is 0 Å². The van der Waals surface area contributed by atoms with Gasteiger partial charge in [-0.05, 0) is 51.3 Å². The van der Waals surface area contributed by atoms with Crippen LogP contribution in [-0.2, 0) is 0 Å². The normalized spacial score (nSPS) is 24.1. The Morgan fingerprint density at radius 1 is 1.22 bits per heavy atom. The highest BCUT2D eigenvalue weighted by Crippen LogP contribution is 2.28. The van der Waals surface area contributed by atoms with Crippen LogP contribution in [-0.4, -0.2) is 22.9 Å². The summed E-state index contributed by atoms with van der Waals surface area (Å²) in [5.74, 6) is -0.0119. The molecule has 0 aliphatic carbocycles. The van der Waals surface area contributed by atoms with Crippen molar-refractivity contribution in [3.63, 3.8) is 0 Å². The first kappa shape index (κ1) is 13.7. The van der Waals surface area contributed by atoms with E-state index in [9.17, 15) is 4.79 Å². The molecule has 0 aromatic heterocycles. The van der Waals surface area contributed by atoms with E-state index in [0.717, 1.165) is 12.8 Å². The summed E-state index contributed by atoms with van der Waals surface area (Å²) in [7, 11) is 0. The Morgan fingerprint density at radius 2 is 1.83 bits per heavy atom. The number of piperidine rings is 1. The zero-order valence-electron chi connectivity index (χ0n) is 10.6. The van der Waals surface area contributed by atoms with Crippen LogP contribution in [0.4, 0.5) is 0 Å². The van der Waals surface area contributed by atoms with Crippen molar-refractivity contribution in [3.8, 4) is 0 Å². The van der Waals surface area contributed by atoms with Crippen molar-refractivity contribution in [2.24, 2.45) is 0 Å². The van der Waals surface area contributed by atoms with E-state index in [2.05, 4.69) is 13.8 Å². The van der Waals surface area contributed by atoms with Crippen LogP contribution in [0.5, 0.6) is 0 Å². The highest BCUT2D eigenvalue weighted by Gasteiger charge is 2.30. The van der Waals surface area contributed by atoms with Crippen molar-refractivity contribution in [3.05, 3.63) is 33.8 Å². The first-order valence-electron chi connectivity index (χ1n) is 6.28. The molecule has 1 saturated heterocycles. The summed E-state index contributed by atoms with van der Waals surface area (Å²) >= 11 is 12.0. The molecule has 0 spiro atoms. The first-order valence-corrected chi connectivity index (χ1v) is 7.04. The van der Waals surface area contributed by atoms with Gasteiger partial charge in [-0.15, -0.1) is 0 Å². The van der Waals surface area contributed by atoms with E-state index in [0.29, 0.717) is 15.6 Å². The third-order valence-corrected chi connectivity index (χ3v) is 4.15. The van der Waals surface area contributed by atoms with Gasteiger partial charge in [0.15, 0.2) is 0 Å². The Kier molecular flexibility index (Phi) is 4.18. The smallest absolute Gasteiger partial charge is 0.255 e. The second-order valence-corrected chi connectivity index (χ2v) is 5.81. The Morgan fingerprint density at radius 3 is 2.44 bits per heavy atom. The molecule has 1 aliphatic heterocycles. The number of nitrogens with zero attached hydrogens (tertiary/aromatic N) is 1. The van der Waals surface area contributed by atoms with Crippen molar-refractivity contribution in [1.82, 2.24) is 4.90 Å². The molecule has 1 aromatic rings. The number of hydrogen-bond acceptors (Lipinski definition) is 1. The van der Waals surface area contributed by atoms with Gasteiger partial charge >= 0.3 is 0 Å². The summed E-state index contributed by atoms with van der Waals surface area (Å²) in [6, 6.07) is 5.55. The molecule has 0 radical (unpaired) electrons. The second-order valence-electron chi connectivity index (χ2n) is 4.97. The fraction of sp³-hybridized carbons (Fsp3) is 0.500. The molecule has 2 nitrogen and oxygen atoms in total. The SMILES string of the molecule is C[C@@H]1CCC[C@@H](C)N1C(=O)c1cc(Cl)ccc1Cl. The van der Waals surface area contributed by atoms with Crippen LogP contribution >= 0.6 is 23.2 Å². The molecule has 0 saturated carbocycles. The van der Waals surface area contributed by atoms with Gasteiger partial charge in [0.2, 0.25) is 0 Å². The van der Waals surface area contributed by atoms with Crippen LogP contribution in [0.2, 0.25) is 10.0 Å². The van der Waals surface area contributed by atoms with E-state index in [1.165, 1.54) is 6.42 Å². The van der Waals surface area contributed by atoms with Crippen molar-refractivity contribution in [2.45, 2.75) is 45.2 Å². The van der Waals surface area contributed by atoms with Gasteiger partial charge in [-0.1, -0.05) is 23.2 Å². The van der Waals surface area contributed by atoms with Gasteiger partial charge in [0, 0.05) is 17.1 Å². The van der Waals surface area contributed by atoms with E-state index in [4.69, 9.17) is 23.2 Å². The minimum atomic E-state index is -0.0119. The average molecular weight is 286 g/mol. The van der Waals surface area contributed by atoms with E-state index in [1.54, 1.807) is 18.2 Å². The molecule has 2 rings (SSSR count). The van der Waals surface area contributed by atoms with Gasteiger partial charge in [-0.25, -0.2) is 0 Å². The van der Waals surface area contributed by atoms with Gasteiger partial charge in [0.1, 0.15) is 0 Å². The first-order chi connectivity index (χ1) is 8.50. The Balaban J connectivity index is 2.32. The van der Waals surface area contributed by atoms with Crippen molar-refractivity contribution < 1.29 is 4.79 Å². The molecular formula is C14H17Cl2NO. The fourth-order valence-corrected chi connectivity index (χ4v) is 2.99. The lowest BCUT2D eigenvalue weighted by molar-refractivity contribution is 0.0511. The Labute approximate surface area is 118 Å². The number of amides is 1. The van der Waals surface area contributed by atoms with E-state index in [1.807, 2.05) is 4.90 Å². The monoisotopic (exact) mass is 285 g/mol.